The quantitative estimate of drug-likeness (QED) is 0.360. The second kappa shape index (κ2) is 8.03. The van der Waals surface area contributed by atoms with Crippen LogP contribution in [-0.2, 0) is 0 Å². The third-order valence-electron chi connectivity index (χ3n) is 3.78. The van der Waals surface area contributed by atoms with Gasteiger partial charge in [0.1, 0.15) is 17.3 Å². The van der Waals surface area contributed by atoms with Crippen LogP contribution in [0.25, 0.3) is 10.4 Å². The Morgan fingerprint density at radius 1 is 1.07 bits per heavy atom. The molecular weight excluding hydrogens is 342 g/mol. The van der Waals surface area contributed by atoms with E-state index in [1.54, 1.807) is 44.2 Å². The Bertz CT molecular complexity index is 1010. The van der Waals surface area contributed by atoms with Crippen molar-refractivity contribution in [1.82, 2.24) is 4.98 Å². The number of benzene rings is 2. The van der Waals surface area contributed by atoms with Crippen molar-refractivity contribution in [2.24, 2.45) is 5.11 Å². The van der Waals surface area contributed by atoms with Crippen LogP contribution in [-0.4, -0.2) is 10.9 Å². The fourth-order valence-corrected chi connectivity index (χ4v) is 2.64. The highest BCUT2D eigenvalue weighted by atomic mass is 16.5. The molecule has 3 aromatic rings. The lowest BCUT2D eigenvalue weighted by Crippen LogP contribution is -2.14. The molecule has 0 radical (unpaired) electrons. The number of azide groups is 1. The van der Waals surface area contributed by atoms with Crippen molar-refractivity contribution in [2.45, 2.75) is 13.8 Å². The molecule has 1 heterocycles. The van der Waals surface area contributed by atoms with Crippen LogP contribution in [0.1, 0.15) is 21.6 Å². The van der Waals surface area contributed by atoms with E-state index >= 15 is 0 Å². The summed E-state index contributed by atoms with van der Waals surface area (Å²) in [4.78, 5) is 19.6. The molecule has 0 saturated carbocycles. The number of nitrogens with zero attached hydrogens (tertiary/aromatic N) is 4. The predicted molar refractivity (Wildman–Crippen MR) is 103 cm³/mol. The molecule has 27 heavy (non-hydrogen) atoms. The molecule has 0 aliphatic rings. The molecule has 0 bridgehead atoms. The van der Waals surface area contributed by atoms with Crippen molar-refractivity contribution in [3.05, 3.63) is 87.9 Å². The van der Waals surface area contributed by atoms with E-state index in [9.17, 15) is 4.79 Å². The zero-order valence-electron chi connectivity index (χ0n) is 14.9. The molecule has 134 valence electrons. The summed E-state index contributed by atoms with van der Waals surface area (Å²) in [6.07, 6.45) is 0. The van der Waals surface area contributed by atoms with Gasteiger partial charge in [-0.25, -0.2) is 0 Å². The summed E-state index contributed by atoms with van der Waals surface area (Å²) in [5.74, 6) is 1.06. The molecular formula is C20H17N5O2. The molecule has 1 N–H and O–H groups in total. The zero-order valence-corrected chi connectivity index (χ0v) is 14.9. The smallest absolute Gasteiger partial charge is 0.257 e. The second-order valence-electron chi connectivity index (χ2n) is 5.86. The fourth-order valence-electron chi connectivity index (χ4n) is 2.64. The normalized spacial score (nSPS) is 10.0. The van der Waals surface area contributed by atoms with Gasteiger partial charge in [-0.15, -0.1) is 0 Å². The summed E-state index contributed by atoms with van der Waals surface area (Å²) in [6, 6.07) is 18.2. The summed E-state index contributed by atoms with van der Waals surface area (Å²) in [5.41, 5.74) is 10.9. The third kappa shape index (κ3) is 4.42. The SMILES string of the molecule is Cc1cc(C)c(C(=O)Nc2ccc(Oc3ccccc3)cc2)c(N=[N+]=[N-])n1. The fraction of sp³-hybridized carbons (Fsp3) is 0.100. The van der Waals surface area contributed by atoms with Gasteiger partial charge in [-0.05, 0) is 72.5 Å². The van der Waals surface area contributed by atoms with Gasteiger partial charge in [0.05, 0.1) is 5.56 Å². The first kappa shape index (κ1) is 18.0. The van der Waals surface area contributed by atoms with Crippen LogP contribution >= 0.6 is 0 Å². The summed E-state index contributed by atoms with van der Waals surface area (Å²) in [7, 11) is 0. The number of hydrogen-bond acceptors (Lipinski definition) is 4. The number of para-hydroxylation sites is 1. The Labute approximate surface area is 156 Å². The highest BCUT2D eigenvalue weighted by molar-refractivity contribution is 6.08. The number of nitrogens with one attached hydrogen (secondary N) is 1. The Kier molecular flexibility index (Phi) is 5.35. The van der Waals surface area contributed by atoms with Crippen LogP contribution in [0.2, 0.25) is 0 Å². The Balaban J connectivity index is 1.78. The molecule has 0 aliphatic carbocycles. The minimum absolute atomic E-state index is 0.0662. The number of aromatic nitrogens is 1. The average molecular weight is 359 g/mol. The van der Waals surface area contributed by atoms with Gasteiger partial charge >= 0.3 is 0 Å². The molecule has 7 heteroatoms. The van der Waals surface area contributed by atoms with E-state index in [1.165, 1.54) is 0 Å². The highest BCUT2D eigenvalue weighted by Gasteiger charge is 2.16. The van der Waals surface area contributed by atoms with E-state index in [4.69, 9.17) is 10.3 Å². The first-order valence-corrected chi connectivity index (χ1v) is 8.24. The molecule has 0 unspecified atom stereocenters. The molecule has 2 aromatic carbocycles. The summed E-state index contributed by atoms with van der Waals surface area (Å²) in [5, 5.41) is 6.33. The average Bonchev–Trinajstić information content (AvgIpc) is 2.64. The van der Waals surface area contributed by atoms with Gasteiger partial charge in [-0.2, -0.15) is 0 Å². The van der Waals surface area contributed by atoms with E-state index < -0.39 is 0 Å². The van der Waals surface area contributed by atoms with Gasteiger partial charge in [0.25, 0.3) is 5.91 Å². The van der Waals surface area contributed by atoms with Crippen LogP contribution in [0, 0.1) is 13.8 Å². The van der Waals surface area contributed by atoms with Crippen molar-refractivity contribution < 1.29 is 9.53 Å². The Hall–Kier alpha value is -3.83. The van der Waals surface area contributed by atoms with Crippen LogP contribution in [0.3, 0.4) is 0 Å². The van der Waals surface area contributed by atoms with Crippen molar-refractivity contribution in [3.8, 4) is 11.5 Å². The standard InChI is InChI=1S/C20H17N5O2/c1-13-12-14(2)22-19(24-25-21)18(13)20(26)23-15-8-10-17(11-9-15)27-16-6-4-3-5-7-16/h3-12H,1-2H3,(H,23,26). The van der Waals surface area contributed by atoms with Gasteiger partial charge in [-0.3, -0.25) is 9.78 Å². The molecule has 0 aliphatic heterocycles. The first-order valence-electron chi connectivity index (χ1n) is 8.24. The second-order valence-corrected chi connectivity index (χ2v) is 5.86. The number of aryl methyl sites for hydroxylation is 2. The van der Waals surface area contributed by atoms with Gasteiger partial charge in [0.2, 0.25) is 0 Å². The van der Waals surface area contributed by atoms with Crippen molar-refractivity contribution in [2.75, 3.05) is 5.32 Å². The third-order valence-corrected chi connectivity index (χ3v) is 3.78. The Morgan fingerprint density at radius 2 is 1.74 bits per heavy atom. The number of carbonyl (C=O) groups is 1. The van der Waals surface area contributed by atoms with Gasteiger partial charge < -0.3 is 10.1 Å². The lowest BCUT2D eigenvalue weighted by Gasteiger charge is -2.11. The molecule has 0 spiro atoms. The molecule has 1 aromatic heterocycles. The largest absolute Gasteiger partial charge is 0.457 e. The van der Waals surface area contributed by atoms with E-state index in [0.717, 1.165) is 5.75 Å². The number of ether oxygens (including phenoxy) is 1. The summed E-state index contributed by atoms with van der Waals surface area (Å²) >= 11 is 0. The van der Waals surface area contributed by atoms with Crippen LogP contribution in [0.4, 0.5) is 11.5 Å². The zero-order chi connectivity index (χ0) is 19.2. The topological polar surface area (TPSA) is 100.0 Å². The van der Waals surface area contributed by atoms with Crippen molar-refractivity contribution >= 4 is 17.4 Å². The van der Waals surface area contributed by atoms with Crippen molar-refractivity contribution in [3.63, 3.8) is 0 Å². The molecule has 0 atom stereocenters. The first-order chi connectivity index (χ1) is 13.1. The number of carbonyl (C=O) groups excluding carboxylic acids is 1. The number of pyridine rings is 1. The van der Waals surface area contributed by atoms with Gasteiger partial charge in [0.15, 0.2) is 0 Å². The van der Waals surface area contributed by atoms with Crippen molar-refractivity contribution in [1.29, 1.82) is 0 Å². The van der Waals surface area contributed by atoms with Crippen LogP contribution < -0.4 is 10.1 Å². The lowest BCUT2D eigenvalue weighted by atomic mass is 10.1. The van der Waals surface area contributed by atoms with E-state index in [1.807, 2.05) is 30.3 Å². The number of rotatable bonds is 5. The number of amides is 1. The maximum Gasteiger partial charge on any atom is 0.257 e. The maximum atomic E-state index is 12.7. The molecule has 7 nitrogen and oxygen atoms in total. The highest BCUT2D eigenvalue weighted by Crippen LogP contribution is 2.25. The monoisotopic (exact) mass is 359 g/mol. The molecule has 3 rings (SSSR count). The van der Waals surface area contributed by atoms with Gasteiger partial charge in [-0.1, -0.05) is 18.2 Å². The maximum absolute atomic E-state index is 12.7. The minimum atomic E-state index is -0.390. The summed E-state index contributed by atoms with van der Waals surface area (Å²) in [6.45, 7) is 3.55. The van der Waals surface area contributed by atoms with Crippen LogP contribution in [0.15, 0.2) is 65.8 Å². The van der Waals surface area contributed by atoms with E-state index in [0.29, 0.717) is 22.7 Å². The predicted octanol–water partition coefficient (Wildman–Crippen LogP) is 5.68. The number of hydrogen-bond donors (Lipinski definition) is 1. The van der Waals surface area contributed by atoms with E-state index in [2.05, 4.69) is 20.3 Å². The lowest BCUT2D eigenvalue weighted by molar-refractivity contribution is 0.102. The minimum Gasteiger partial charge on any atom is -0.457 e. The molecule has 1 amide bonds. The van der Waals surface area contributed by atoms with Crippen LogP contribution in [0.5, 0.6) is 11.5 Å². The molecule has 0 fully saturated rings. The summed E-state index contributed by atoms with van der Waals surface area (Å²) < 4.78 is 5.73. The number of anilines is 1. The molecule has 0 saturated heterocycles. The Morgan fingerprint density at radius 3 is 2.41 bits per heavy atom. The van der Waals surface area contributed by atoms with Gasteiger partial charge in [0, 0.05) is 16.3 Å². The van der Waals surface area contributed by atoms with E-state index in [-0.39, 0.29) is 17.3 Å².